The molecule has 0 radical (unpaired) electrons. The second kappa shape index (κ2) is 4.33. The Kier molecular flexibility index (Phi) is 3.36. The van der Waals surface area contributed by atoms with Crippen LogP contribution >= 0.6 is 12.2 Å². The predicted octanol–water partition coefficient (Wildman–Crippen LogP) is 2.65. The van der Waals surface area contributed by atoms with E-state index < -0.39 is 5.41 Å². The van der Waals surface area contributed by atoms with Crippen molar-refractivity contribution in [2.75, 3.05) is 5.32 Å². The molecular weight excluding hydrogens is 194 g/mol. The van der Waals surface area contributed by atoms with Crippen molar-refractivity contribution in [3.05, 3.63) is 30.3 Å². The van der Waals surface area contributed by atoms with E-state index in [1.54, 1.807) is 13.8 Å². The first-order valence-electron chi connectivity index (χ1n) is 4.39. The van der Waals surface area contributed by atoms with Crippen LogP contribution in [0.1, 0.15) is 13.8 Å². The summed E-state index contributed by atoms with van der Waals surface area (Å²) in [6.07, 6.45) is 0.852. The summed E-state index contributed by atoms with van der Waals surface area (Å²) in [6.45, 7) is 3.58. The highest BCUT2D eigenvalue weighted by Crippen LogP contribution is 2.16. The molecule has 1 rings (SSSR count). The van der Waals surface area contributed by atoms with Crippen molar-refractivity contribution in [3.8, 4) is 0 Å². The molecule has 0 saturated carbocycles. The summed E-state index contributed by atoms with van der Waals surface area (Å²) in [6, 6.07) is 9.58. The molecule has 1 N–H and O–H groups in total. The molecular formula is C11H13NOS. The minimum Gasteiger partial charge on any atom is -0.349 e. The van der Waals surface area contributed by atoms with E-state index in [4.69, 9.17) is 12.2 Å². The minimum atomic E-state index is -0.606. The number of aldehydes is 1. The zero-order chi connectivity index (χ0) is 10.6. The lowest BCUT2D eigenvalue weighted by molar-refractivity contribution is -0.112. The second-order valence-corrected chi connectivity index (χ2v) is 4.07. The zero-order valence-electron chi connectivity index (χ0n) is 8.28. The molecule has 74 valence electrons. The molecule has 0 amide bonds. The van der Waals surface area contributed by atoms with E-state index >= 15 is 0 Å². The Balaban J connectivity index is 2.72. The molecule has 0 aliphatic carbocycles. The van der Waals surface area contributed by atoms with Gasteiger partial charge in [0.25, 0.3) is 0 Å². The molecule has 0 unspecified atom stereocenters. The number of para-hydroxylation sites is 1. The lowest BCUT2D eigenvalue weighted by atomic mass is 9.95. The molecule has 3 heteroatoms. The maximum absolute atomic E-state index is 10.7. The van der Waals surface area contributed by atoms with Gasteiger partial charge in [0, 0.05) is 5.69 Å². The average molecular weight is 207 g/mol. The van der Waals surface area contributed by atoms with Crippen molar-refractivity contribution in [3.63, 3.8) is 0 Å². The second-order valence-electron chi connectivity index (χ2n) is 3.66. The summed E-state index contributed by atoms with van der Waals surface area (Å²) in [5.74, 6) is 0. The van der Waals surface area contributed by atoms with Crippen LogP contribution in [0.25, 0.3) is 0 Å². The highest BCUT2D eigenvalue weighted by molar-refractivity contribution is 7.80. The normalized spacial score (nSPS) is 10.7. The standard InChI is InChI=1S/C11H13NOS/c1-11(2,8-13)10(14)12-9-6-4-3-5-7-9/h3-8H,1-2H3,(H,12,14). The first-order valence-corrected chi connectivity index (χ1v) is 4.80. The molecule has 0 heterocycles. The molecule has 0 fully saturated rings. The maximum atomic E-state index is 10.7. The van der Waals surface area contributed by atoms with Gasteiger partial charge in [-0.3, -0.25) is 0 Å². The fourth-order valence-electron chi connectivity index (χ4n) is 0.867. The van der Waals surface area contributed by atoms with Gasteiger partial charge in [0.1, 0.15) is 6.29 Å². The summed E-state index contributed by atoms with van der Waals surface area (Å²) < 4.78 is 0. The molecule has 14 heavy (non-hydrogen) atoms. The van der Waals surface area contributed by atoms with Gasteiger partial charge in [-0.2, -0.15) is 0 Å². The van der Waals surface area contributed by atoms with E-state index in [1.165, 1.54) is 0 Å². The van der Waals surface area contributed by atoms with Crippen LogP contribution in [0.4, 0.5) is 5.69 Å². The topological polar surface area (TPSA) is 29.1 Å². The molecule has 0 bridgehead atoms. The van der Waals surface area contributed by atoms with Gasteiger partial charge >= 0.3 is 0 Å². The third-order valence-electron chi connectivity index (χ3n) is 1.91. The van der Waals surface area contributed by atoms with Crippen LogP contribution in [0.15, 0.2) is 30.3 Å². The predicted molar refractivity (Wildman–Crippen MR) is 62.5 cm³/mol. The number of nitrogens with one attached hydrogen (secondary N) is 1. The first-order chi connectivity index (χ1) is 6.56. The highest BCUT2D eigenvalue weighted by atomic mass is 32.1. The Hall–Kier alpha value is -1.22. The van der Waals surface area contributed by atoms with Crippen LogP contribution in [0.2, 0.25) is 0 Å². The largest absolute Gasteiger partial charge is 0.349 e. The van der Waals surface area contributed by atoms with E-state index in [0.29, 0.717) is 4.99 Å². The van der Waals surface area contributed by atoms with Crippen LogP contribution in [0.3, 0.4) is 0 Å². The van der Waals surface area contributed by atoms with Gasteiger partial charge in [-0.1, -0.05) is 30.4 Å². The minimum absolute atomic E-state index is 0.540. The smallest absolute Gasteiger partial charge is 0.132 e. The number of thiocarbonyl (C=S) groups is 1. The van der Waals surface area contributed by atoms with Gasteiger partial charge in [-0.05, 0) is 26.0 Å². The third kappa shape index (κ3) is 2.64. The van der Waals surface area contributed by atoms with Crippen LogP contribution in [-0.4, -0.2) is 11.3 Å². The van der Waals surface area contributed by atoms with Gasteiger partial charge in [0.05, 0.1) is 10.4 Å². The molecule has 2 nitrogen and oxygen atoms in total. The summed E-state index contributed by atoms with van der Waals surface area (Å²) in [7, 11) is 0. The average Bonchev–Trinajstić information content (AvgIpc) is 2.19. The first kappa shape index (κ1) is 10.9. The molecule has 0 spiro atoms. The lowest BCUT2D eigenvalue weighted by Crippen LogP contribution is -2.30. The molecule has 0 atom stereocenters. The summed E-state index contributed by atoms with van der Waals surface area (Å²) in [5, 5.41) is 3.03. The van der Waals surface area contributed by atoms with Crippen LogP contribution in [-0.2, 0) is 4.79 Å². The number of anilines is 1. The third-order valence-corrected chi connectivity index (χ3v) is 2.54. The summed E-state index contributed by atoms with van der Waals surface area (Å²) in [5.41, 5.74) is 0.304. The molecule has 0 aromatic heterocycles. The Morgan fingerprint density at radius 2 is 1.93 bits per heavy atom. The fourth-order valence-corrected chi connectivity index (χ4v) is 1.03. The maximum Gasteiger partial charge on any atom is 0.132 e. The van der Waals surface area contributed by atoms with Gasteiger partial charge in [0.15, 0.2) is 0 Å². The zero-order valence-corrected chi connectivity index (χ0v) is 9.10. The van der Waals surface area contributed by atoms with Gasteiger partial charge in [-0.15, -0.1) is 0 Å². The van der Waals surface area contributed by atoms with Crippen molar-refractivity contribution in [1.82, 2.24) is 0 Å². The van der Waals surface area contributed by atoms with Crippen LogP contribution in [0, 0.1) is 5.41 Å². The Morgan fingerprint density at radius 1 is 1.36 bits per heavy atom. The number of rotatable bonds is 3. The van der Waals surface area contributed by atoms with E-state index in [-0.39, 0.29) is 0 Å². The van der Waals surface area contributed by atoms with Crippen molar-refractivity contribution in [1.29, 1.82) is 0 Å². The van der Waals surface area contributed by atoms with E-state index in [1.807, 2.05) is 30.3 Å². The van der Waals surface area contributed by atoms with Crippen LogP contribution in [0.5, 0.6) is 0 Å². The summed E-state index contributed by atoms with van der Waals surface area (Å²) in [4.78, 5) is 11.3. The van der Waals surface area contributed by atoms with E-state index in [2.05, 4.69) is 5.32 Å². The highest BCUT2D eigenvalue weighted by Gasteiger charge is 2.22. The molecule has 1 aromatic carbocycles. The quantitative estimate of drug-likeness (QED) is 0.610. The lowest BCUT2D eigenvalue weighted by Gasteiger charge is -2.19. The van der Waals surface area contributed by atoms with E-state index in [9.17, 15) is 4.79 Å². The van der Waals surface area contributed by atoms with Crippen LogP contribution < -0.4 is 5.32 Å². The molecule has 1 aromatic rings. The fraction of sp³-hybridized carbons (Fsp3) is 0.273. The number of benzene rings is 1. The number of hydrogen-bond donors (Lipinski definition) is 1. The Labute approximate surface area is 89.3 Å². The van der Waals surface area contributed by atoms with Gasteiger partial charge in [-0.25, -0.2) is 0 Å². The summed E-state index contributed by atoms with van der Waals surface area (Å²) >= 11 is 5.13. The van der Waals surface area contributed by atoms with Crippen molar-refractivity contribution in [2.24, 2.45) is 5.41 Å². The van der Waals surface area contributed by atoms with Gasteiger partial charge in [0.2, 0.25) is 0 Å². The number of hydrogen-bond acceptors (Lipinski definition) is 2. The monoisotopic (exact) mass is 207 g/mol. The number of carbonyl (C=O) groups excluding carboxylic acids is 1. The molecule has 0 aliphatic rings. The molecule has 0 saturated heterocycles. The van der Waals surface area contributed by atoms with Crippen molar-refractivity contribution >= 4 is 29.2 Å². The Morgan fingerprint density at radius 3 is 2.43 bits per heavy atom. The SMILES string of the molecule is CC(C)(C=O)C(=S)Nc1ccccc1. The number of carbonyl (C=O) groups is 1. The molecule has 0 aliphatic heterocycles. The van der Waals surface area contributed by atoms with Crippen molar-refractivity contribution < 1.29 is 4.79 Å². The van der Waals surface area contributed by atoms with Crippen molar-refractivity contribution in [2.45, 2.75) is 13.8 Å². The van der Waals surface area contributed by atoms with Gasteiger partial charge < -0.3 is 10.1 Å². The van der Waals surface area contributed by atoms with E-state index in [0.717, 1.165) is 12.0 Å². The Bertz CT molecular complexity index is 332.